The predicted octanol–water partition coefficient (Wildman–Crippen LogP) is 3.09. The molecule has 1 heterocycles. The first kappa shape index (κ1) is 19.0. The molecule has 0 atom stereocenters. The van der Waals surface area contributed by atoms with Gasteiger partial charge in [-0.05, 0) is 31.2 Å². The van der Waals surface area contributed by atoms with Gasteiger partial charge in [0.15, 0.2) is 0 Å². The smallest absolute Gasteiger partial charge is 0.316 e. The maximum absolute atomic E-state index is 12.2. The minimum atomic E-state index is -0.459. The van der Waals surface area contributed by atoms with Gasteiger partial charge in [0, 0.05) is 18.2 Å². The molecule has 0 radical (unpaired) electrons. The van der Waals surface area contributed by atoms with Crippen LogP contribution in [-0.4, -0.2) is 32.9 Å². The van der Waals surface area contributed by atoms with Gasteiger partial charge >= 0.3 is 6.01 Å². The maximum Gasteiger partial charge on any atom is 0.316 e. The zero-order chi connectivity index (χ0) is 19.2. The average Bonchev–Trinajstić information content (AvgIpc) is 2.65. The molecule has 1 aliphatic carbocycles. The molecule has 142 valence electrons. The highest BCUT2D eigenvalue weighted by atomic mass is 35.5. The van der Waals surface area contributed by atoms with E-state index in [0.29, 0.717) is 11.0 Å². The fraction of sp³-hybridized carbons (Fsp3) is 0.389. The SMILES string of the molecule is O=C(Cc1ccc([N+](=O)[O-])cc1)NC1CCC(Oc2ncc(Cl)cn2)CC1. The van der Waals surface area contributed by atoms with Gasteiger partial charge in [-0.1, -0.05) is 23.7 Å². The number of nitro groups is 1. The summed E-state index contributed by atoms with van der Waals surface area (Å²) in [6.45, 7) is 0. The van der Waals surface area contributed by atoms with Crippen molar-refractivity contribution in [2.45, 2.75) is 44.2 Å². The van der Waals surface area contributed by atoms with Crippen LogP contribution in [0.25, 0.3) is 0 Å². The minimum Gasteiger partial charge on any atom is -0.460 e. The first-order valence-electron chi connectivity index (χ1n) is 8.66. The van der Waals surface area contributed by atoms with Crippen LogP contribution in [0.4, 0.5) is 5.69 Å². The number of carbonyl (C=O) groups is 1. The molecule has 0 spiro atoms. The van der Waals surface area contributed by atoms with Crippen molar-refractivity contribution in [1.82, 2.24) is 15.3 Å². The number of rotatable bonds is 6. The van der Waals surface area contributed by atoms with Gasteiger partial charge in [0.2, 0.25) is 5.91 Å². The second-order valence-electron chi connectivity index (χ2n) is 6.44. The first-order chi connectivity index (χ1) is 13.0. The Morgan fingerprint density at radius 3 is 2.41 bits per heavy atom. The highest BCUT2D eigenvalue weighted by Crippen LogP contribution is 2.22. The van der Waals surface area contributed by atoms with Crippen LogP contribution in [0.2, 0.25) is 5.02 Å². The lowest BCUT2D eigenvalue weighted by atomic mass is 9.93. The van der Waals surface area contributed by atoms with Crippen LogP contribution in [0.15, 0.2) is 36.7 Å². The molecule has 27 heavy (non-hydrogen) atoms. The standard InChI is InChI=1S/C18H19ClN4O4/c19-13-10-20-18(21-11-13)27-16-7-3-14(4-8-16)22-17(24)9-12-1-5-15(6-2-12)23(25)26/h1-2,5-6,10-11,14,16H,3-4,7-9H2,(H,22,24). The van der Waals surface area contributed by atoms with Gasteiger partial charge in [0.1, 0.15) is 6.10 Å². The Bertz CT molecular complexity index is 790. The van der Waals surface area contributed by atoms with E-state index in [1.54, 1.807) is 12.1 Å². The maximum atomic E-state index is 12.2. The third kappa shape index (κ3) is 5.62. The summed E-state index contributed by atoms with van der Waals surface area (Å²) >= 11 is 5.75. The Labute approximate surface area is 161 Å². The van der Waals surface area contributed by atoms with Crippen molar-refractivity contribution < 1.29 is 14.5 Å². The average molecular weight is 391 g/mol. The van der Waals surface area contributed by atoms with Gasteiger partial charge in [-0.2, -0.15) is 0 Å². The lowest BCUT2D eigenvalue weighted by Crippen LogP contribution is -2.40. The van der Waals surface area contributed by atoms with Crippen molar-refractivity contribution in [1.29, 1.82) is 0 Å². The van der Waals surface area contributed by atoms with Gasteiger partial charge in [0.05, 0.1) is 28.8 Å². The van der Waals surface area contributed by atoms with Gasteiger partial charge in [0.25, 0.3) is 5.69 Å². The van der Waals surface area contributed by atoms with Crippen LogP contribution in [0.5, 0.6) is 6.01 Å². The fourth-order valence-corrected chi connectivity index (χ4v) is 3.13. The van der Waals surface area contributed by atoms with E-state index >= 15 is 0 Å². The number of benzene rings is 1. The van der Waals surface area contributed by atoms with Crippen LogP contribution in [-0.2, 0) is 11.2 Å². The summed E-state index contributed by atoms with van der Waals surface area (Å²) in [7, 11) is 0. The molecule has 1 aliphatic rings. The number of hydrogen-bond donors (Lipinski definition) is 1. The Kier molecular flexibility index (Phi) is 6.18. The topological polar surface area (TPSA) is 107 Å². The number of hydrogen-bond acceptors (Lipinski definition) is 6. The highest BCUT2D eigenvalue weighted by molar-refractivity contribution is 6.30. The molecular weight excluding hydrogens is 372 g/mol. The number of halogens is 1. The van der Waals surface area contributed by atoms with Gasteiger partial charge in [-0.15, -0.1) is 0 Å². The summed E-state index contributed by atoms with van der Waals surface area (Å²) in [6.07, 6.45) is 6.43. The zero-order valence-electron chi connectivity index (χ0n) is 14.5. The molecule has 1 amide bonds. The molecule has 9 heteroatoms. The Hall–Kier alpha value is -2.74. The quantitative estimate of drug-likeness (QED) is 0.599. The minimum absolute atomic E-state index is 0.0159. The molecule has 1 N–H and O–H groups in total. The van der Waals surface area contributed by atoms with Crippen LogP contribution < -0.4 is 10.1 Å². The van der Waals surface area contributed by atoms with E-state index in [0.717, 1.165) is 31.2 Å². The number of aromatic nitrogens is 2. The molecule has 1 saturated carbocycles. The number of carbonyl (C=O) groups excluding carboxylic acids is 1. The summed E-state index contributed by atoms with van der Waals surface area (Å²) < 4.78 is 5.74. The van der Waals surface area contributed by atoms with Crippen molar-refractivity contribution >= 4 is 23.2 Å². The largest absolute Gasteiger partial charge is 0.460 e. The molecule has 1 aromatic carbocycles. The van der Waals surface area contributed by atoms with E-state index in [1.807, 2.05) is 0 Å². The van der Waals surface area contributed by atoms with Crippen molar-refractivity contribution in [3.63, 3.8) is 0 Å². The van der Waals surface area contributed by atoms with Gasteiger partial charge in [-0.25, -0.2) is 9.97 Å². The normalized spacial score (nSPS) is 19.3. The van der Waals surface area contributed by atoms with Crippen LogP contribution in [0.3, 0.4) is 0 Å². The van der Waals surface area contributed by atoms with E-state index in [-0.39, 0.29) is 30.2 Å². The van der Waals surface area contributed by atoms with Crippen molar-refractivity contribution in [3.05, 3.63) is 57.4 Å². The van der Waals surface area contributed by atoms with E-state index in [9.17, 15) is 14.9 Å². The molecule has 0 bridgehead atoms. The molecule has 0 saturated heterocycles. The second-order valence-corrected chi connectivity index (χ2v) is 6.88. The van der Waals surface area contributed by atoms with Gasteiger partial charge in [-0.3, -0.25) is 14.9 Å². The Morgan fingerprint density at radius 2 is 1.81 bits per heavy atom. The molecular formula is C18H19ClN4O4. The monoisotopic (exact) mass is 390 g/mol. The molecule has 8 nitrogen and oxygen atoms in total. The Balaban J connectivity index is 1.42. The van der Waals surface area contributed by atoms with Crippen LogP contribution in [0, 0.1) is 10.1 Å². The first-order valence-corrected chi connectivity index (χ1v) is 9.04. The predicted molar refractivity (Wildman–Crippen MR) is 98.7 cm³/mol. The second kappa shape index (κ2) is 8.77. The molecule has 3 rings (SSSR count). The number of nitro benzene ring substituents is 1. The molecule has 0 aliphatic heterocycles. The molecule has 2 aromatic rings. The van der Waals surface area contributed by atoms with Gasteiger partial charge < -0.3 is 10.1 Å². The van der Waals surface area contributed by atoms with Crippen LogP contribution >= 0.6 is 11.6 Å². The molecule has 0 unspecified atom stereocenters. The fourth-order valence-electron chi connectivity index (χ4n) is 3.03. The summed E-state index contributed by atoms with van der Waals surface area (Å²) in [6, 6.07) is 6.43. The third-order valence-electron chi connectivity index (χ3n) is 4.42. The van der Waals surface area contributed by atoms with Crippen molar-refractivity contribution in [3.8, 4) is 6.01 Å². The van der Waals surface area contributed by atoms with E-state index in [4.69, 9.17) is 16.3 Å². The van der Waals surface area contributed by atoms with E-state index in [2.05, 4.69) is 15.3 Å². The number of nitrogens with one attached hydrogen (secondary N) is 1. The molecule has 1 fully saturated rings. The number of nitrogens with zero attached hydrogens (tertiary/aromatic N) is 3. The van der Waals surface area contributed by atoms with E-state index < -0.39 is 4.92 Å². The lowest BCUT2D eigenvalue weighted by Gasteiger charge is -2.28. The molecule has 1 aromatic heterocycles. The van der Waals surface area contributed by atoms with E-state index in [1.165, 1.54) is 24.5 Å². The van der Waals surface area contributed by atoms with Crippen molar-refractivity contribution in [2.75, 3.05) is 0 Å². The number of non-ortho nitro benzene ring substituents is 1. The Morgan fingerprint density at radius 1 is 1.19 bits per heavy atom. The summed E-state index contributed by atoms with van der Waals surface area (Å²) in [5.74, 6) is -0.0887. The summed E-state index contributed by atoms with van der Waals surface area (Å²) in [5.41, 5.74) is 0.761. The summed E-state index contributed by atoms with van der Waals surface area (Å²) in [5, 5.41) is 14.1. The lowest BCUT2D eigenvalue weighted by molar-refractivity contribution is -0.384. The third-order valence-corrected chi connectivity index (χ3v) is 4.62. The highest BCUT2D eigenvalue weighted by Gasteiger charge is 2.24. The van der Waals surface area contributed by atoms with Crippen molar-refractivity contribution in [2.24, 2.45) is 0 Å². The number of amides is 1. The number of ether oxygens (including phenoxy) is 1. The zero-order valence-corrected chi connectivity index (χ0v) is 15.3. The van der Waals surface area contributed by atoms with Crippen LogP contribution in [0.1, 0.15) is 31.2 Å². The summed E-state index contributed by atoms with van der Waals surface area (Å²) in [4.78, 5) is 30.4.